The van der Waals surface area contributed by atoms with Crippen molar-refractivity contribution in [2.24, 2.45) is 18.9 Å². The van der Waals surface area contributed by atoms with Crippen LogP contribution in [0, 0.1) is 11.8 Å². The van der Waals surface area contributed by atoms with Gasteiger partial charge in [-0.3, -0.25) is 4.68 Å². The number of hydrogen-bond donors (Lipinski definition) is 1. The number of nitrogens with one attached hydrogen (secondary N) is 1. The number of aromatic nitrogens is 3. The van der Waals surface area contributed by atoms with E-state index >= 15 is 0 Å². The largest absolute Gasteiger partial charge is 0.314 e. The van der Waals surface area contributed by atoms with Crippen molar-refractivity contribution < 1.29 is 0 Å². The predicted octanol–water partition coefficient (Wildman–Crippen LogP) is 1.77. The molecule has 4 heteroatoms. The highest BCUT2D eigenvalue weighted by molar-refractivity contribution is 4.93. The summed E-state index contributed by atoms with van der Waals surface area (Å²) in [7, 11) is 1.98. The lowest BCUT2D eigenvalue weighted by Gasteiger charge is -2.35. The summed E-state index contributed by atoms with van der Waals surface area (Å²) in [6.45, 7) is 5.62. The van der Waals surface area contributed by atoms with Gasteiger partial charge in [0.1, 0.15) is 12.2 Å². The molecule has 1 heterocycles. The van der Waals surface area contributed by atoms with Crippen molar-refractivity contribution in [1.82, 2.24) is 20.1 Å². The van der Waals surface area contributed by atoms with E-state index < -0.39 is 0 Å². The summed E-state index contributed by atoms with van der Waals surface area (Å²) in [6.07, 6.45) is 6.68. The van der Waals surface area contributed by atoms with E-state index in [9.17, 15) is 0 Å². The smallest absolute Gasteiger partial charge is 0.138 e. The third-order valence-electron chi connectivity index (χ3n) is 3.96. The first-order valence-corrected chi connectivity index (χ1v) is 6.77. The van der Waals surface area contributed by atoms with Crippen LogP contribution in [0.15, 0.2) is 6.33 Å². The molecule has 1 aliphatic carbocycles. The zero-order valence-corrected chi connectivity index (χ0v) is 11.2. The molecule has 3 unspecified atom stereocenters. The van der Waals surface area contributed by atoms with Crippen LogP contribution in [0.2, 0.25) is 0 Å². The standard InChI is InChI=1S/C13H24N4/c1-4-14-12-6-5-10(2)7-11(12)8-13-15-9-16-17(13)3/h9-12,14H,4-8H2,1-3H3. The molecular weight excluding hydrogens is 212 g/mol. The molecule has 0 saturated heterocycles. The third-order valence-corrected chi connectivity index (χ3v) is 3.96. The molecule has 0 aromatic carbocycles. The van der Waals surface area contributed by atoms with E-state index in [1.54, 1.807) is 6.33 Å². The molecule has 1 fully saturated rings. The van der Waals surface area contributed by atoms with Crippen LogP contribution >= 0.6 is 0 Å². The minimum absolute atomic E-state index is 0.660. The summed E-state index contributed by atoms with van der Waals surface area (Å²) in [6, 6.07) is 0.660. The van der Waals surface area contributed by atoms with Crippen molar-refractivity contribution in [1.29, 1.82) is 0 Å². The summed E-state index contributed by atoms with van der Waals surface area (Å²) < 4.78 is 1.91. The van der Waals surface area contributed by atoms with Crippen LogP contribution in [0.25, 0.3) is 0 Å². The van der Waals surface area contributed by atoms with Crippen molar-refractivity contribution >= 4 is 0 Å². The van der Waals surface area contributed by atoms with Gasteiger partial charge < -0.3 is 5.32 Å². The Labute approximate surface area is 104 Å². The quantitative estimate of drug-likeness (QED) is 0.866. The van der Waals surface area contributed by atoms with Crippen LogP contribution in [0.5, 0.6) is 0 Å². The second kappa shape index (κ2) is 5.63. The lowest BCUT2D eigenvalue weighted by molar-refractivity contribution is 0.210. The van der Waals surface area contributed by atoms with E-state index in [4.69, 9.17) is 0 Å². The molecule has 1 N–H and O–H groups in total. The van der Waals surface area contributed by atoms with Gasteiger partial charge in [-0.05, 0) is 37.6 Å². The summed E-state index contributed by atoms with van der Waals surface area (Å²) in [5, 5.41) is 7.79. The minimum Gasteiger partial charge on any atom is -0.314 e. The summed E-state index contributed by atoms with van der Waals surface area (Å²) >= 11 is 0. The monoisotopic (exact) mass is 236 g/mol. The van der Waals surface area contributed by atoms with Crippen LogP contribution in [-0.4, -0.2) is 27.4 Å². The van der Waals surface area contributed by atoms with Gasteiger partial charge in [-0.15, -0.1) is 0 Å². The van der Waals surface area contributed by atoms with Crippen molar-refractivity contribution in [3.63, 3.8) is 0 Å². The molecule has 1 aromatic rings. The molecule has 0 bridgehead atoms. The Morgan fingerprint density at radius 2 is 2.29 bits per heavy atom. The Morgan fingerprint density at radius 3 is 2.94 bits per heavy atom. The van der Waals surface area contributed by atoms with Gasteiger partial charge in [-0.2, -0.15) is 5.10 Å². The van der Waals surface area contributed by atoms with Gasteiger partial charge in [-0.25, -0.2) is 4.98 Å². The van der Waals surface area contributed by atoms with Crippen molar-refractivity contribution in [3.05, 3.63) is 12.2 Å². The Balaban J connectivity index is 2.02. The maximum atomic E-state index is 4.35. The Kier molecular flexibility index (Phi) is 4.15. The molecule has 3 atom stereocenters. The molecule has 4 nitrogen and oxygen atoms in total. The highest BCUT2D eigenvalue weighted by Crippen LogP contribution is 2.31. The number of rotatable bonds is 4. The number of hydrogen-bond acceptors (Lipinski definition) is 3. The highest BCUT2D eigenvalue weighted by Gasteiger charge is 2.29. The second-order valence-electron chi connectivity index (χ2n) is 5.35. The van der Waals surface area contributed by atoms with Gasteiger partial charge in [0, 0.05) is 19.5 Å². The Morgan fingerprint density at radius 1 is 1.47 bits per heavy atom. The van der Waals surface area contributed by atoms with E-state index in [1.807, 2.05) is 11.7 Å². The lowest BCUT2D eigenvalue weighted by atomic mass is 9.77. The number of aryl methyl sites for hydroxylation is 1. The normalized spacial score (nSPS) is 29.5. The zero-order valence-electron chi connectivity index (χ0n) is 11.2. The number of nitrogens with zero attached hydrogens (tertiary/aromatic N) is 3. The van der Waals surface area contributed by atoms with Crippen molar-refractivity contribution in [3.8, 4) is 0 Å². The lowest BCUT2D eigenvalue weighted by Crippen LogP contribution is -2.41. The summed E-state index contributed by atoms with van der Waals surface area (Å²) in [5.74, 6) is 2.68. The predicted molar refractivity (Wildman–Crippen MR) is 68.7 cm³/mol. The Bertz CT molecular complexity index is 347. The highest BCUT2D eigenvalue weighted by atomic mass is 15.3. The van der Waals surface area contributed by atoms with Gasteiger partial charge in [0.15, 0.2) is 0 Å². The second-order valence-corrected chi connectivity index (χ2v) is 5.35. The topological polar surface area (TPSA) is 42.7 Å². The van der Waals surface area contributed by atoms with Gasteiger partial charge in [-0.1, -0.05) is 13.8 Å². The van der Waals surface area contributed by atoms with E-state index in [2.05, 4.69) is 29.2 Å². The van der Waals surface area contributed by atoms with Crippen LogP contribution < -0.4 is 5.32 Å². The van der Waals surface area contributed by atoms with Crippen molar-refractivity contribution in [2.75, 3.05) is 6.54 Å². The minimum atomic E-state index is 0.660. The fraction of sp³-hybridized carbons (Fsp3) is 0.846. The van der Waals surface area contributed by atoms with E-state index in [1.165, 1.54) is 19.3 Å². The van der Waals surface area contributed by atoms with Gasteiger partial charge in [0.25, 0.3) is 0 Å². The van der Waals surface area contributed by atoms with E-state index in [0.29, 0.717) is 12.0 Å². The molecule has 0 amide bonds. The molecule has 1 aromatic heterocycles. The molecule has 1 saturated carbocycles. The van der Waals surface area contributed by atoms with Gasteiger partial charge >= 0.3 is 0 Å². The Hall–Kier alpha value is -0.900. The molecule has 0 radical (unpaired) electrons. The van der Waals surface area contributed by atoms with Crippen LogP contribution in [0.4, 0.5) is 0 Å². The first-order valence-electron chi connectivity index (χ1n) is 6.77. The van der Waals surface area contributed by atoms with Crippen molar-refractivity contribution in [2.45, 2.75) is 45.6 Å². The van der Waals surface area contributed by atoms with Crippen LogP contribution in [-0.2, 0) is 13.5 Å². The maximum absolute atomic E-state index is 4.35. The maximum Gasteiger partial charge on any atom is 0.138 e. The van der Waals surface area contributed by atoms with Crippen LogP contribution in [0.3, 0.4) is 0 Å². The molecule has 96 valence electrons. The fourth-order valence-electron chi connectivity index (χ4n) is 2.99. The molecule has 17 heavy (non-hydrogen) atoms. The first-order chi connectivity index (χ1) is 8.20. The molecule has 0 spiro atoms. The SMILES string of the molecule is CCNC1CCC(C)CC1Cc1ncnn1C. The van der Waals surface area contributed by atoms with E-state index in [-0.39, 0.29) is 0 Å². The molecule has 1 aliphatic rings. The first kappa shape index (κ1) is 12.6. The molecular formula is C13H24N4. The third kappa shape index (κ3) is 3.06. The molecule has 2 rings (SSSR count). The molecule has 0 aliphatic heterocycles. The zero-order chi connectivity index (χ0) is 12.3. The van der Waals surface area contributed by atoms with Crippen LogP contribution in [0.1, 0.15) is 38.9 Å². The average Bonchev–Trinajstić information content (AvgIpc) is 2.69. The van der Waals surface area contributed by atoms with Gasteiger partial charge in [0.05, 0.1) is 0 Å². The summed E-state index contributed by atoms with van der Waals surface area (Å²) in [5.41, 5.74) is 0. The average molecular weight is 236 g/mol. The summed E-state index contributed by atoms with van der Waals surface area (Å²) in [4.78, 5) is 4.35. The van der Waals surface area contributed by atoms with Gasteiger partial charge in [0.2, 0.25) is 0 Å². The van der Waals surface area contributed by atoms with E-state index in [0.717, 1.165) is 24.7 Å². The fourth-order valence-corrected chi connectivity index (χ4v) is 2.99.